The Bertz CT molecular complexity index is 676. The van der Waals surface area contributed by atoms with Crippen LogP contribution in [0.1, 0.15) is 0 Å². The van der Waals surface area contributed by atoms with Crippen LogP contribution in [0.4, 0.5) is 0 Å². The second kappa shape index (κ2) is 3.82. The molecule has 4 nitrogen and oxygen atoms in total. The van der Waals surface area contributed by atoms with Gasteiger partial charge in [-0.15, -0.1) is 5.10 Å². The fourth-order valence-electron chi connectivity index (χ4n) is 1.90. The second-order valence-electron chi connectivity index (χ2n) is 3.74. The lowest BCUT2D eigenvalue weighted by atomic mass is 10.1. The smallest absolute Gasteiger partial charge is 0.177 e. The molecular formula is C12H9ClN4. The van der Waals surface area contributed by atoms with E-state index < -0.39 is 0 Å². The zero-order chi connectivity index (χ0) is 11.8. The van der Waals surface area contributed by atoms with E-state index in [0.717, 1.165) is 22.2 Å². The van der Waals surface area contributed by atoms with Gasteiger partial charge in [0.2, 0.25) is 0 Å². The van der Waals surface area contributed by atoms with Crippen LogP contribution in [-0.4, -0.2) is 20.0 Å². The lowest BCUT2D eigenvalue weighted by Crippen LogP contribution is -1.91. The Hall–Kier alpha value is -1.94. The third-order valence-corrected chi connectivity index (χ3v) is 2.91. The number of benzene rings is 1. The van der Waals surface area contributed by atoms with Crippen LogP contribution in [0.5, 0.6) is 0 Å². The van der Waals surface area contributed by atoms with Crippen molar-refractivity contribution < 1.29 is 0 Å². The third-order valence-electron chi connectivity index (χ3n) is 2.66. The van der Waals surface area contributed by atoms with Crippen LogP contribution >= 0.6 is 11.6 Å². The van der Waals surface area contributed by atoms with Crippen molar-refractivity contribution in [1.82, 2.24) is 20.0 Å². The molecule has 0 fully saturated rings. The molecule has 5 heteroatoms. The normalized spacial score (nSPS) is 10.9. The predicted octanol–water partition coefficient (Wildman–Crippen LogP) is 2.68. The molecule has 17 heavy (non-hydrogen) atoms. The molecule has 3 aromatic rings. The van der Waals surface area contributed by atoms with Crippen molar-refractivity contribution in [3.63, 3.8) is 0 Å². The standard InChI is InChI=1S/C12H9ClN4/c1-17-11-9(7-14-15-12(11)13)10(16-17)8-5-3-2-4-6-8/h2-7H,1H3. The summed E-state index contributed by atoms with van der Waals surface area (Å²) < 4.78 is 1.73. The quantitative estimate of drug-likeness (QED) is 0.661. The number of hydrogen-bond acceptors (Lipinski definition) is 3. The molecular weight excluding hydrogens is 236 g/mol. The molecule has 0 unspecified atom stereocenters. The van der Waals surface area contributed by atoms with E-state index in [9.17, 15) is 0 Å². The molecule has 0 atom stereocenters. The van der Waals surface area contributed by atoms with Crippen molar-refractivity contribution in [2.45, 2.75) is 0 Å². The van der Waals surface area contributed by atoms with E-state index in [1.54, 1.807) is 10.9 Å². The number of fused-ring (bicyclic) bond motifs is 1. The van der Waals surface area contributed by atoms with Gasteiger partial charge >= 0.3 is 0 Å². The van der Waals surface area contributed by atoms with Gasteiger partial charge in [-0.2, -0.15) is 10.2 Å². The first-order chi connectivity index (χ1) is 8.27. The fourth-order valence-corrected chi connectivity index (χ4v) is 2.17. The van der Waals surface area contributed by atoms with Crippen molar-refractivity contribution in [3.05, 3.63) is 41.7 Å². The topological polar surface area (TPSA) is 43.6 Å². The summed E-state index contributed by atoms with van der Waals surface area (Å²) in [5, 5.41) is 13.5. The molecule has 0 bridgehead atoms. The van der Waals surface area contributed by atoms with Crippen molar-refractivity contribution in [1.29, 1.82) is 0 Å². The van der Waals surface area contributed by atoms with E-state index in [1.807, 2.05) is 37.4 Å². The molecule has 1 aromatic carbocycles. The molecule has 0 saturated carbocycles. The number of nitrogens with zero attached hydrogens (tertiary/aromatic N) is 4. The highest BCUT2D eigenvalue weighted by Crippen LogP contribution is 2.29. The molecule has 2 heterocycles. The van der Waals surface area contributed by atoms with Gasteiger partial charge in [0.1, 0.15) is 11.2 Å². The number of halogens is 1. The van der Waals surface area contributed by atoms with Crippen LogP contribution in [-0.2, 0) is 7.05 Å². The van der Waals surface area contributed by atoms with Crippen LogP contribution in [0.3, 0.4) is 0 Å². The first-order valence-electron chi connectivity index (χ1n) is 5.16. The zero-order valence-electron chi connectivity index (χ0n) is 9.13. The third kappa shape index (κ3) is 1.57. The van der Waals surface area contributed by atoms with Crippen molar-refractivity contribution in [2.24, 2.45) is 7.05 Å². The molecule has 0 radical (unpaired) electrons. The first-order valence-corrected chi connectivity index (χ1v) is 5.54. The van der Waals surface area contributed by atoms with Gasteiger partial charge < -0.3 is 0 Å². The van der Waals surface area contributed by atoms with Crippen LogP contribution < -0.4 is 0 Å². The Kier molecular flexibility index (Phi) is 2.30. The van der Waals surface area contributed by atoms with E-state index in [1.165, 1.54) is 0 Å². The van der Waals surface area contributed by atoms with Gasteiger partial charge in [0.25, 0.3) is 0 Å². The van der Waals surface area contributed by atoms with Crippen LogP contribution in [0.2, 0.25) is 5.15 Å². The minimum absolute atomic E-state index is 0.375. The highest BCUT2D eigenvalue weighted by atomic mass is 35.5. The number of aromatic nitrogens is 4. The average molecular weight is 245 g/mol. The minimum atomic E-state index is 0.375. The molecule has 0 amide bonds. The Balaban J connectivity index is 2.36. The van der Waals surface area contributed by atoms with E-state index in [0.29, 0.717) is 5.15 Å². The van der Waals surface area contributed by atoms with E-state index in [2.05, 4.69) is 15.3 Å². The Morgan fingerprint density at radius 2 is 1.94 bits per heavy atom. The lowest BCUT2D eigenvalue weighted by molar-refractivity contribution is 0.797. The molecule has 0 spiro atoms. The molecule has 84 valence electrons. The van der Waals surface area contributed by atoms with Crippen LogP contribution in [0.15, 0.2) is 36.5 Å². The maximum absolute atomic E-state index is 6.03. The Labute approximate surface area is 103 Å². The minimum Gasteiger partial charge on any atom is -0.264 e. The Morgan fingerprint density at radius 3 is 2.71 bits per heavy atom. The second-order valence-corrected chi connectivity index (χ2v) is 4.09. The molecule has 0 N–H and O–H groups in total. The number of hydrogen-bond donors (Lipinski definition) is 0. The average Bonchev–Trinajstić information content (AvgIpc) is 2.69. The van der Waals surface area contributed by atoms with Gasteiger partial charge in [0, 0.05) is 12.6 Å². The zero-order valence-corrected chi connectivity index (χ0v) is 9.89. The Morgan fingerprint density at radius 1 is 1.18 bits per heavy atom. The van der Waals surface area contributed by atoms with Gasteiger partial charge in [-0.25, -0.2) is 0 Å². The van der Waals surface area contributed by atoms with Crippen molar-refractivity contribution >= 4 is 22.5 Å². The van der Waals surface area contributed by atoms with Gasteiger partial charge in [-0.05, 0) is 0 Å². The largest absolute Gasteiger partial charge is 0.264 e. The molecule has 3 rings (SSSR count). The van der Waals surface area contributed by atoms with E-state index in [-0.39, 0.29) is 0 Å². The lowest BCUT2D eigenvalue weighted by Gasteiger charge is -1.96. The number of aryl methyl sites for hydroxylation is 1. The molecule has 2 aromatic heterocycles. The molecule has 0 aliphatic rings. The monoisotopic (exact) mass is 244 g/mol. The maximum Gasteiger partial charge on any atom is 0.177 e. The molecule has 0 saturated heterocycles. The highest BCUT2D eigenvalue weighted by molar-refractivity contribution is 6.34. The summed E-state index contributed by atoms with van der Waals surface area (Å²) in [5.74, 6) is 0. The van der Waals surface area contributed by atoms with Crippen LogP contribution in [0.25, 0.3) is 22.2 Å². The van der Waals surface area contributed by atoms with Crippen molar-refractivity contribution in [2.75, 3.05) is 0 Å². The van der Waals surface area contributed by atoms with Gasteiger partial charge in [0.15, 0.2) is 5.15 Å². The highest BCUT2D eigenvalue weighted by Gasteiger charge is 2.13. The van der Waals surface area contributed by atoms with E-state index in [4.69, 9.17) is 11.6 Å². The van der Waals surface area contributed by atoms with Gasteiger partial charge in [-0.3, -0.25) is 4.68 Å². The maximum atomic E-state index is 6.03. The SMILES string of the molecule is Cn1nc(-c2ccccc2)c2cnnc(Cl)c21. The summed E-state index contributed by atoms with van der Waals surface area (Å²) in [6, 6.07) is 9.95. The summed E-state index contributed by atoms with van der Waals surface area (Å²) in [4.78, 5) is 0. The fraction of sp³-hybridized carbons (Fsp3) is 0.0833. The summed E-state index contributed by atoms with van der Waals surface area (Å²) in [6.07, 6.45) is 1.69. The van der Waals surface area contributed by atoms with Crippen LogP contribution in [0, 0.1) is 0 Å². The summed E-state index contributed by atoms with van der Waals surface area (Å²) in [7, 11) is 1.85. The molecule has 0 aliphatic carbocycles. The summed E-state index contributed by atoms with van der Waals surface area (Å²) >= 11 is 6.03. The predicted molar refractivity (Wildman–Crippen MR) is 66.8 cm³/mol. The van der Waals surface area contributed by atoms with Gasteiger partial charge in [-0.1, -0.05) is 41.9 Å². The van der Waals surface area contributed by atoms with E-state index >= 15 is 0 Å². The number of rotatable bonds is 1. The summed E-state index contributed by atoms with van der Waals surface area (Å²) in [5.41, 5.74) is 2.72. The summed E-state index contributed by atoms with van der Waals surface area (Å²) in [6.45, 7) is 0. The van der Waals surface area contributed by atoms with Crippen molar-refractivity contribution in [3.8, 4) is 11.3 Å². The first kappa shape index (κ1) is 10.2. The molecule has 0 aliphatic heterocycles. The van der Waals surface area contributed by atoms with Gasteiger partial charge in [0.05, 0.1) is 11.6 Å².